The van der Waals surface area contributed by atoms with Crippen LogP contribution in [0.5, 0.6) is 0 Å². The maximum Gasteiger partial charge on any atom is 0.320 e. The number of carbonyl (C=O) groups is 1. The molecule has 0 aromatic carbocycles. The number of carboxylic acid groups (broad SMARTS) is 1. The van der Waals surface area contributed by atoms with E-state index in [4.69, 9.17) is 16.6 Å². The fourth-order valence-electron chi connectivity index (χ4n) is 3.50. The number of nitrogens with two attached hydrogens (primary N) is 2. The van der Waals surface area contributed by atoms with Crippen molar-refractivity contribution in [2.45, 2.75) is 102 Å². The summed E-state index contributed by atoms with van der Waals surface area (Å²) in [6, 6.07) is 1.03. The molecule has 2 aliphatic carbocycles. The number of hydrogen-bond donors (Lipinski definition) is 4. The van der Waals surface area contributed by atoms with E-state index < -0.39 is 12.0 Å². The number of rotatable bonds is 7. The molecule has 23 heavy (non-hydrogen) atoms. The van der Waals surface area contributed by atoms with E-state index in [1.54, 1.807) is 0 Å². The molecule has 5 heteroatoms. The van der Waals surface area contributed by atoms with Crippen LogP contribution in [-0.2, 0) is 4.79 Å². The molecule has 0 aliphatic heterocycles. The molecule has 136 valence electrons. The van der Waals surface area contributed by atoms with E-state index in [2.05, 4.69) is 5.32 Å². The fourth-order valence-corrected chi connectivity index (χ4v) is 3.50. The minimum atomic E-state index is -0.933. The summed E-state index contributed by atoms with van der Waals surface area (Å²) in [6.07, 6.45) is 16.7. The third kappa shape index (κ3) is 9.95. The first kappa shape index (κ1) is 20.4. The van der Waals surface area contributed by atoms with Crippen molar-refractivity contribution in [1.82, 2.24) is 5.32 Å². The highest BCUT2D eigenvalue weighted by atomic mass is 16.4. The second-order valence-electron chi connectivity index (χ2n) is 7.07. The molecule has 5 nitrogen and oxygen atoms in total. The van der Waals surface area contributed by atoms with Crippen molar-refractivity contribution in [3.63, 3.8) is 0 Å². The number of aliphatic carboxylic acids is 1. The van der Waals surface area contributed by atoms with E-state index >= 15 is 0 Å². The maximum absolute atomic E-state index is 10.1. The van der Waals surface area contributed by atoms with E-state index in [1.165, 1.54) is 64.2 Å². The molecule has 0 aromatic rings. The summed E-state index contributed by atoms with van der Waals surface area (Å²) in [7, 11) is 0. The summed E-state index contributed by atoms with van der Waals surface area (Å²) in [4.78, 5) is 10.1. The second kappa shape index (κ2) is 12.7. The molecule has 2 saturated carbocycles. The first-order valence-electron chi connectivity index (χ1n) is 9.58. The standard InChI is InChI=1S/C12H23N.C6H14N2O2/c1-3-7-11(8-4-1)13-12-9-5-2-6-10-12;7-4-2-1-3-5(8)6(9)10/h11-13H,1-10H2;5H,1-4,7-8H2,(H,9,10). The molecular formula is C18H37N3O2. The maximum atomic E-state index is 10.1. The van der Waals surface area contributed by atoms with Gasteiger partial charge in [-0.1, -0.05) is 44.9 Å². The largest absolute Gasteiger partial charge is 0.480 e. The van der Waals surface area contributed by atoms with Gasteiger partial charge in [-0.2, -0.15) is 0 Å². The van der Waals surface area contributed by atoms with Gasteiger partial charge in [0.15, 0.2) is 0 Å². The fraction of sp³-hybridized carbons (Fsp3) is 0.944. The van der Waals surface area contributed by atoms with E-state index in [-0.39, 0.29) is 0 Å². The predicted molar refractivity (Wildman–Crippen MR) is 95.4 cm³/mol. The van der Waals surface area contributed by atoms with Crippen LogP contribution in [0.4, 0.5) is 0 Å². The molecule has 2 fully saturated rings. The van der Waals surface area contributed by atoms with Crippen LogP contribution >= 0.6 is 0 Å². The summed E-state index contributed by atoms with van der Waals surface area (Å²) >= 11 is 0. The van der Waals surface area contributed by atoms with E-state index in [1.807, 2.05) is 0 Å². The second-order valence-corrected chi connectivity index (χ2v) is 7.07. The third-order valence-corrected chi connectivity index (χ3v) is 4.97. The molecule has 0 heterocycles. The minimum absolute atomic E-state index is 0.520. The number of unbranched alkanes of at least 4 members (excludes halogenated alkanes) is 1. The Kier molecular flexibility index (Phi) is 11.3. The lowest BCUT2D eigenvalue weighted by atomic mass is 9.91. The molecule has 6 N–H and O–H groups in total. The normalized spacial score (nSPS) is 21.3. The molecular weight excluding hydrogens is 290 g/mol. The minimum Gasteiger partial charge on any atom is -0.480 e. The summed E-state index contributed by atoms with van der Waals surface area (Å²) in [5.41, 5.74) is 10.4. The van der Waals surface area contributed by atoms with Crippen LogP contribution in [-0.4, -0.2) is 35.7 Å². The van der Waals surface area contributed by atoms with Gasteiger partial charge >= 0.3 is 5.97 Å². The van der Waals surface area contributed by atoms with Crippen LogP contribution in [0.3, 0.4) is 0 Å². The van der Waals surface area contributed by atoms with Gasteiger partial charge in [0.2, 0.25) is 0 Å². The number of hydrogen-bond acceptors (Lipinski definition) is 4. The quantitative estimate of drug-likeness (QED) is 0.539. The van der Waals surface area contributed by atoms with Crippen molar-refractivity contribution >= 4 is 5.97 Å². The average molecular weight is 328 g/mol. The average Bonchev–Trinajstić information content (AvgIpc) is 2.57. The highest BCUT2D eigenvalue weighted by Crippen LogP contribution is 2.22. The molecule has 2 rings (SSSR count). The molecule has 1 atom stereocenters. The van der Waals surface area contributed by atoms with Crippen LogP contribution in [0.1, 0.15) is 83.5 Å². The van der Waals surface area contributed by atoms with Crippen LogP contribution < -0.4 is 16.8 Å². The Morgan fingerprint density at radius 1 is 0.957 bits per heavy atom. The Bertz CT molecular complexity index is 285. The summed E-state index contributed by atoms with van der Waals surface area (Å²) in [5.74, 6) is -0.933. The lowest BCUT2D eigenvalue weighted by molar-refractivity contribution is -0.138. The predicted octanol–water partition coefficient (Wildman–Crippen LogP) is 2.77. The highest BCUT2D eigenvalue weighted by Gasteiger charge is 2.19. The van der Waals surface area contributed by atoms with Crippen molar-refractivity contribution in [2.24, 2.45) is 11.5 Å². The lowest BCUT2D eigenvalue weighted by Gasteiger charge is -2.30. The zero-order chi connectivity index (χ0) is 16.9. The van der Waals surface area contributed by atoms with Gasteiger partial charge in [0.25, 0.3) is 0 Å². The Balaban J connectivity index is 0.000000241. The molecule has 0 radical (unpaired) electrons. The van der Waals surface area contributed by atoms with Gasteiger partial charge in [0, 0.05) is 12.1 Å². The molecule has 0 amide bonds. The first-order valence-corrected chi connectivity index (χ1v) is 9.58. The van der Waals surface area contributed by atoms with E-state index in [0.717, 1.165) is 24.9 Å². The van der Waals surface area contributed by atoms with E-state index in [0.29, 0.717) is 13.0 Å². The molecule has 0 saturated heterocycles. The van der Waals surface area contributed by atoms with Crippen molar-refractivity contribution in [3.05, 3.63) is 0 Å². The number of carboxylic acids is 1. The Hall–Kier alpha value is -0.650. The Morgan fingerprint density at radius 3 is 1.83 bits per heavy atom. The smallest absolute Gasteiger partial charge is 0.320 e. The topological polar surface area (TPSA) is 101 Å². The molecule has 1 unspecified atom stereocenters. The van der Waals surface area contributed by atoms with Crippen LogP contribution in [0.15, 0.2) is 0 Å². The van der Waals surface area contributed by atoms with Crippen molar-refractivity contribution in [3.8, 4) is 0 Å². The van der Waals surface area contributed by atoms with Gasteiger partial charge in [-0.05, 0) is 45.1 Å². The summed E-state index contributed by atoms with van der Waals surface area (Å²) in [5, 5.41) is 12.2. The molecule has 2 aliphatic rings. The Labute approximate surface area is 141 Å². The van der Waals surface area contributed by atoms with Gasteiger partial charge < -0.3 is 21.9 Å². The van der Waals surface area contributed by atoms with Crippen LogP contribution in [0.2, 0.25) is 0 Å². The lowest BCUT2D eigenvalue weighted by Crippen LogP contribution is -2.40. The molecule has 0 aromatic heterocycles. The van der Waals surface area contributed by atoms with E-state index in [9.17, 15) is 4.79 Å². The van der Waals surface area contributed by atoms with Crippen molar-refractivity contribution < 1.29 is 9.90 Å². The molecule has 0 bridgehead atoms. The van der Waals surface area contributed by atoms with Gasteiger partial charge in [0.05, 0.1) is 0 Å². The monoisotopic (exact) mass is 327 g/mol. The summed E-state index contributed by atoms with van der Waals surface area (Å²) in [6.45, 7) is 0.604. The Morgan fingerprint density at radius 2 is 1.43 bits per heavy atom. The van der Waals surface area contributed by atoms with Crippen LogP contribution in [0, 0.1) is 0 Å². The SMILES string of the molecule is C1CCC(NC2CCCCC2)CC1.NCCCCC(N)C(=O)O. The van der Waals surface area contributed by atoms with Crippen molar-refractivity contribution in [2.75, 3.05) is 6.54 Å². The zero-order valence-corrected chi connectivity index (χ0v) is 14.6. The molecule has 0 spiro atoms. The number of nitrogens with one attached hydrogen (secondary N) is 1. The third-order valence-electron chi connectivity index (χ3n) is 4.97. The van der Waals surface area contributed by atoms with Gasteiger partial charge in [0.1, 0.15) is 6.04 Å². The first-order chi connectivity index (χ1) is 11.1. The van der Waals surface area contributed by atoms with Crippen molar-refractivity contribution in [1.29, 1.82) is 0 Å². The summed E-state index contributed by atoms with van der Waals surface area (Å²) < 4.78 is 0. The van der Waals surface area contributed by atoms with Crippen LogP contribution in [0.25, 0.3) is 0 Å². The van der Waals surface area contributed by atoms with Gasteiger partial charge in [-0.3, -0.25) is 4.79 Å². The highest BCUT2D eigenvalue weighted by molar-refractivity contribution is 5.72. The zero-order valence-electron chi connectivity index (χ0n) is 14.6. The van der Waals surface area contributed by atoms with Gasteiger partial charge in [-0.25, -0.2) is 0 Å². The van der Waals surface area contributed by atoms with Gasteiger partial charge in [-0.15, -0.1) is 0 Å².